The predicted molar refractivity (Wildman–Crippen MR) is 60.7 cm³/mol. The van der Waals surface area contributed by atoms with Crippen LogP contribution in [0.3, 0.4) is 0 Å². The molecule has 0 radical (unpaired) electrons. The van der Waals surface area contributed by atoms with Gasteiger partial charge in [-0.15, -0.1) is 0 Å². The highest BCUT2D eigenvalue weighted by molar-refractivity contribution is 4.78. The number of hydrogen-bond donors (Lipinski definition) is 2. The van der Waals surface area contributed by atoms with Crippen LogP contribution in [-0.2, 0) is 0 Å². The Hall–Kier alpha value is -0.160. The van der Waals surface area contributed by atoms with Gasteiger partial charge in [0, 0.05) is 45.3 Å². The van der Waals surface area contributed by atoms with Crippen LogP contribution in [-0.4, -0.2) is 76.3 Å². The third kappa shape index (κ3) is 4.37. The first-order valence-corrected chi connectivity index (χ1v) is 5.46. The molecular weight excluding hydrogens is 176 g/mol. The summed E-state index contributed by atoms with van der Waals surface area (Å²) in [6, 6.07) is 0.658. The standard InChI is InChI=1S/C10H24N4/c1-13(2)6-4-11-8-10-9-12-5-7-14(10)3/h10-12H,4-9H2,1-3H3. The molecule has 1 heterocycles. The van der Waals surface area contributed by atoms with Crippen molar-refractivity contribution in [3.63, 3.8) is 0 Å². The van der Waals surface area contributed by atoms with Crippen LogP contribution >= 0.6 is 0 Å². The van der Waals surface area contributed by atoms with Gasteiger partial charge in [-0.2, -0.15) is 0 Å². The van der Waals surface area contributed by atoms with E-state index in [1.807, 2.05) is 0 Å². The highest BCUT2D eigenvalue weighted by atomic mass is 15.2. The first-order chi connectivity index (χ1) is 6.70. The normalized spacial score (nSPS) is 24.4. The van der Waals surface area contributed by atoms with Crippen molar-refractivity contribution in [3.05, 3.63) is 0 Å². The molecule has 0 aromatic carbocycles. The molecule has 0 aromatic heterocycles. The van der Waals surface area contributed by atoms with Crippen LogP contribution < -0.4 is 10.6 Å². The quantitative estimate of drug-likeness (QED) is 0.560. The summed E-state index contributed by atoms with van der Waals surface area (Å²) in [5.41, 5.74) is 0. The molecule has 14 heavy (non-hydrogen) atoms. The number of nitrogens with zero attached hydrogens (tertiary/aromatic N) is 2. The van der Waals surface area contributed by atoms with E-state index in [1.165, 1.54) is 6.54 Å². The zero-order valence-electron chi connectivity index (χ0n) is 9.71. The van der Waals surface area contributed by atoms with Crippen LogP contribution in [0.4, 0.5) is 0 Å². The van der Waals surface area contributed by atoms with Crippen LogP contribution in [0, 0.1) is 0 Å². The van der Waals surface area contributed by atoms with E-state index in [0.717, 1.165) is 32.7 Å². The molecule has 0 spiro atoms. The second-order valence-electron chi connectivity index (χ2n) is 4.35. The molecule has 4 heteroatoms. The summed E-state index contributed by atoms with van der Waals surface area (Å²) in [5.74, 6) is 0. The Kier molecular flexibility index (Phi) is 5.40. The minimum atomic E-state index is 0.658. The van der Waals surface area contributed by atoms with Gasteiger partial charge in [-0.25, -0.2) is 0 Å². The summed E-state index contributed by atoms with van der Waals surface area (Å²) in [7, 11) is 6.42. The average Bonchev–Trinajstić information content (AvgIpc) is 2.15. The maximum atomic E-state index is 3.49. The zero-order valence-corrected chi connectivity index (χ0v) is 9.71. The Morgan fingerprint density at radius 3 is 2.93 bits per heavy atom. The van der Waals surface area contributed by atoms with Gasteiger partial charge in [-0.3, -0.25) is 4.90 Å². The van der Waals surface area contributed by atoms with Gasteiger partial charge < -0.3 is 15.5 Å². The van der Waals surface area contributed by atoms with Crippen LogP contribution in [0.5, 0.6) is 0 Å². The average molecular weight is 200 g/mol. The molecule has 0 bridgehead atoms. The topological polar surface area (TPSA) is 30.5 Å². The summed E-state index contributed by atoms with van der Waals surface area (Å²) in [6.07, 6.45) is 0. The van der Waals surface area contributed by atoms with Crippen molar-refractivity contribution in [1.82, 2.24) is 20.4 Å². The van der Waals surface area contributed by atoms with Crippen LogP contribution in [0.2, 0.25) is 0 Å². The monoisotopic (exact) mass is 200 g/mol. The summed E-state index contributed by atoms with van der Waals surface area (Å²) >= 11 is 0. The van der Waals surface area contributed by atoms with Gasteiger partial charge >= 0.3 is 0 Å². The molecule has 0 aliphatic carbocycles. The zero-order chi connectivity index (χ0) is 10.4. The molecule has 1 fully saturated rings. The maximum absolute atomic E-state index is 3.49. The number of nitrogens with one attached hydrogen (secondary N) is 2. The van der Waals surface area contributed by atoms with Gasteiger partial charge in [0.1, 0.15) is 0 Å². The molecule has 84 valence electrons. The summed E-state index contributed by atoms with van der Waals surface area (Å²) in [4.78, 5) is 4.63. The van der Waals surface area contributed by atoms with Gasteiger partial charge in [0.25, 0.3) is 0 Å². The largest absolute Gasteiger partial charge is 0.314 e. The van der Waals surface area contributed by atoms with Crippen molar-refractivity contribution in [2.45, 2.75) is 6.04 Å². The molecule has 1 aliphatic heterocycles. The minimum absolute atomic E-state index is 0.658. The van der Waals surface area contributed by atoms with Crippen molar-refractivity contribution in [3.8, 4) is 0 Å². The van der Waals surface area contributed by atoms with Crippen molar-refractivity contribution in [2.24, 2.45) is 0 Å². The van der Waals surface area contributed by atoms with E-state index in [4.69, 9.17) is 0 Å². The Labute approximate surface area is 87.6 Å². The van der Waals surface area contributed by atoms with E-state index in [0.29, 0.717) is 6.04 Å². The molecule has 1 unspecified atom stereocenters. The third-order valence-corrected chi connectivity index (χ3v) is 2.76. The highest BCUT2D eigenvalue weighted by Crippen LogP contribution is 1.97. The molecule has 0 saturated carbocycles. The molecule has 0 amide bonds. The van der Waals surface area contributed by atoms with Gasteiger partial charge in [0.15, 0.2) is 0 Å². The first kappa shape index (κ1) is 11.9. The third-order valence-electron chi connectivity index (χ3n) is 2.76. The van der Waals surface area contributed by atoms with Crippen LogP contribution in [0.1, 0.15) is 0 Å². The predicted octanol–water partition coefficient (Wildman–Crippen LogP) is -0.959. The lowest BCUT2D eigenvalue weighted by atomic mass is 10.2. The molecular formula is C10H24N4. The van der Waals surface area contributed by atoms with Gasteiger partial charge in [0.2, 0.25) is 0 Å². The highest BCUT2D eigenvalue weighted by Gasteiger charge is 2.17. The molecule has 1 aliphatic rings. The Morgan fingerprint density at radius 2 is 2.29 bits per heavy atom. The fourth-order valence-electron chi connectivity index (χ4n) is 1.66. The van der Waals surface area contributed by atoms with E-state index in [1.54, 1.807) is 0 Å². The van der Waals surface area contributed by atoms with E-state index in [9.17, 15) is 0 Å². The van der Waals surface area contributed by atoms with Crippen molar-refractivity contribution >= 4 is 0 Å². The maximum Gasteiger partial charge on any atom is 0.0342 e. The van der Waals surface area contributed by atoms with E-state index in [2.05, 4.69) is 41.6 Å². The number of likely N-dealkylation sites (N-methyl/N-ethyl adjacent to an activating group) is 2. The second-order valence-corrected chi connectivity index (χ2v) is 4.35. The molecule has 1 saturated heterocycles. The van der Waals surface area contributed by atoms with Gasteiger partial charge in [0.05, 0.1) is 0 Å². The number of rotatable bonds is 5. The molecule has 1 atom stereocenters. The number of hydrogen-bond acceptors (Lipinski definition) is 4. The fraction of sp³-hybridized carbons (Fsp3) is 1.00. The molecule has 0 aromatic rings. The van der Waals surface area contributed by atoms with Crippen molar-refractivity contribution < 1.29 is 0 Å². The van der Waals surface area contributed by atoms with Crippen LogP contribution in [0.15, 0.2) is 0 Å². The lowest BCUT2D eigenvalue weighted by molar-refractivity contribution is 0.195. The second kappa shape index (κ2) is 6.35. The van der Waals surface area contributed by atoms with Crippen LogP contribution in [0.25, 0.3) is 0 Å². The Balaban J connectivity index is 2.04. The lowest BCUT2D eigenvalue weighted by Gasteiger charge is -2.33. The first-order valence-electron chi connectivity index (χ1n) is 5.46. The smallest absolute Gasteiger partial charge is 0.0342 e. The van der Waals surface area contributed by atoms with Crippen molar-refractivity contribution in [2.75, 3.05) is 60.4 Å². The van der Waals surface area contributed by atoms with E-state index >= 15 is 0 Å². The van der Waals surface area contributed by atoms with Gasteiger partial charge in [-0.1, -0.05) is 0 Å². The fourth-order valence-corrected chi connectivity index (χ4v) is 1.66. The number of piperazine rings is 1. The molecule has 1 rings (SSSR count). The molecule has 4 nitrogen and oxygen atoms in total. The summed E-state index contributed by atoms with van der Waals surface area (Å²) in [6.45, 7) is 6.70. The van der Waals surface area contributed by atoms with Gasteiger partial charge in [-0.05, 0) is 21.1 Å². The van der Waals surface area contributed by atoms with E-state index < -0.39 is 0 Å². The summed E-state index contributed by atoms with van der Waals surface area (Å²) < 4.78 is 0. The Bertz CT molecular complexity index is 149. The van der Waals surface area contributed by atoms with E-state index in [-0.39, 0.29) is 0 Å². The summed E-state index contributed by atoms with van der Waals surface area (Å²) in [5, 5.41) is 6.92. The van der Waals surface area contributed by atoms with Crippen molar-refractivity contribution in [1.29, 1.82) is 0 Å². The lowest BCUT2D eigenvalue weighted by Crippen LogP contribution is -2.53. The minimum Gasteiger partial charge on any atom is -0.314 e. The SMILES string of the molecule is CN(C)CCNCC1CNCCN1C. The Morgan fingerprint density at radius 1 is 1.50 bits per heavy atom. The molecule has 2 N–H and O–H groups in total.